The Bertz CT molecular complexity index is 581. The van der Waals surface area contributed by atoms with Gasteiger partial charge in [-0.2, -0.15) is 11.8 Å². The van der Waals surface area contributed by atoms with Crippen molar-refractivity contribution in [2.45, 2.75) is 18.6 Å². The first-order valence-corrected chi connectivity index (χ1v) is 8.48. The van der Waals surface area contributed by atoms with Gasteiger partial charge in [-0.1, -0.05) is 42.5 Å². The first kappa shape index (κ1) is 15.9. The minimum atomic E-state index is 0.103. The van der Waals surface area contributed by atoms with E-state index in [-0.39, 0.29) is 5.91 Å². The summed E-state index contributed by atoms with van der Waals surface area (Å²) in [6.07, 6.45) is 1.29. The predicted molar refractivity (Wildman–Crippen MR) is 91.4 cm³/mol. The Labute approximate surface area is 130 Å². The molecule has 0 bridgehead atoms. The second-order valence-corrected chi connectivity index (χ2v) is 6.04. The monoisotopic (exact) mass is 302 g/mol. The third-order valence-corrected chi connectivity index (χ3v) is 4.32. The third kappa shape index (κ3) is 5.06. The quantitative estimate of drug-likeness (QED) is 0.737. The Kier molecular flexibility index (Phi) is 6.57. The van der Waals surface area contributed by atoms with Crippen LogP contribution >= 0.6 is 11.8 Å². The molecular weight excluding hydrogens is 280 g/mol. The average Bonchev–Trinajstić information content (AvgIpc) is 2.52. The van der Waals surface area contributed by atoms with Gasteiger partial charge in [0.1, 0.15) is 0 Å². The molecule has 21 heavy (non-hydrogen) atoms. The Hall–Kier alpha value is -1.52. The van der Waals surface area contributed by atoms with Gasteiger partial charge in [0.05, 0.1) is 0 Å². The minimum Gasteiger partial charge on any atom is -0.355 e. The van der Waals surface area contributed by atoms with Gasteiger partial charge >= 0.3 is 0 Å². The van der Waals surface area contributed by atoms with E-state index in [1.165, 1.54) is 16.3 Å². The first-order chi connectivity index (χ1) is 10.3. The highest BCUT2D eigenvalue weighted by atomic mass is 32.2. The molecule has 4 heteroatoms. The molecule has 112 valence electrons. The minimum absolute atomic E-state index is 0.103. The summed E-state index contributed by atoms with van der Waals surface area (Å²) in [6, 6.07) is 14.9. The van der Waals surface area contributed by atoms with Crippen LogP contribution in [0.3, 0.4) is 0 Å². The normalized spacial score (nSPS) is 10.7. The lowest BCUT2D eigenvalue weighted by atomic mass is 10.1. The van der Waals surface area contributed by atoms with Crippen LogP contribution in [-0.2, 0) is 10.5 Å². The smallest absolute Gasteiger partial charge is 0.220 e. The summed E-state index contributed by atoms with van der Waals surface area (Å²) in [6.45, 7) is 1.29. The molecule has 0 aliphatic rings. The average molecular weight is 302 g/mol. The molecule has 3 N–H and O–H groups in total. The lowest BCUT2D eigenvalue weighted by Crippen LogP contribution is -2.26. The van der Waals surface area contributed by atoms with E-state index in [9.17, 15) is 4.79 Å². The highest BCUT2D eigenvalue weighted by Gasteiger charge is 2.02. The number of nitrogens with one attached hydrogen (secondary N) is 1. The maximum atomic E-state index is 11.4. The molecule has 0 spiro atoms. The lowest BCUT2D eigenvalue weighted by Gasteiger charge is -2.07. The molecule has 0 aliphatic carbocycles. The van der Waals surface area contributed by atoms with E-state index in [1.54, 1.807) is 0 Å². The van der Waals surface area contributed by atoms with Gasteiger partial charge in [0.15, 0.2) is 0 Å². The van der Waals surface area contributed by atoms with Crippen molar-refractivity contribution in [3.05, 3.63) is 48.0 Å². The van der Waals surface area contributed by atoms with Crippen LogP contribution in [0, 0.1) is 0 Å². The molecule has 0 unspecified atom stereocenters. The highest BCUT2D eigenvalue weighted by Crippen LogP contribution is 2.22. The summed E-state index contributed by atoms with van der Waals surface area (Å²) in [5, 5.41) is 5.53. The van der Waals surface area contributed by atoms with Gasteiger partial charge in [-0.3, -0.25) is 4.79 Å². The second kappa shape index (κ2) is 8.70. The van der Waals surface area contributed by atoms with Crippen LogP contribution in [0.2, 0.25) is 0 Å². The first-order valence-electron chi connectivity index (χ1n) is 7.32. The molecular formula is C17H22N2OS. The molecule has 0 aromatic heterocycles. The van der Waals surface area contributed by atoms with Crippen molar-refractivity contribution < 1.29 is 4.79 Å². The second-order valence-electron chi connectivity index (χ2n) is 4.93. The Morgan fingerprint density at radius 2 is 1.95 bits per heavy atom. The van der Waals surface area contributed by atoms with Crippen molar-refractivity contribution in [3.63, 3.8) is 0 Å². The fraction of sp³-hybridized carbons (Fsp3) is 0.353. The van der Waals surface area contributed by atoms with Gasteiger partial charge in [-0.15, -0.1) is 0 Å². The summed E-state index contributed by atoms with van der Waals surface area (Å²) in [7, 11) is 0. The molecule has 0 atom stereocenters. The van der Waals surface area contributed by atoms with Crippen LogP contribution in [0.4, 0.5) is 0 Å². The van der Waals surface area contributed by atoms with Crippen molar-refractivity contribution in [3.8, 4) is 0 Å². The fourth-order valence-electron chi connectivity index (χ4n) is 2.21. The number of carbonyl (C=O) groups excluding carboxylic acids is 1. The van der Waals surface area contributed by atoms with Gasteiger partial charge in [0, 0.05) is 24.5 Å². The number of nitrogens with two attached hydrogens (primary N) is 1. The molecule has 0 heterocycles. The zero-order valence-corrected chi connectivity index (χ0v) is 13.0. The van der Waals surface area contributed by atoms with Crippen LogP contribution in [0.5, 0.6) is 0 Å². The molecule has 2 rings (SSSR count). The van der Waals surface area contributed by atoms with Crippen LogP contribution < -0.4 is 11.1 Å². The van der Waals surface area contributed by atoms with Crippen molar-refractivity contribution in [1.29, 1.82) is 0 Å². The molecule has 2 aromatic rings. The molecule has 0 saturated heterocycles. The number of amides is 1. The highest BCUT2D eigenvalue weighted by molar-refractivity contribution is 7.98. The molecule has 0 aliphatic heterocycles. The fourth-order valence-corrected chi connectivity index (χ4v) is 3.08. The summed E-state index contributed by atoms with van der Waals surface area (Å²) in [5.74, 6) is 2.00. The standard InChI is InChI=1S/C17H22N2OS/c18-10-4-9-17(20)19-11-12-21-13-15-7-3-6-14-5-1-2-8-16(14)15/h1-3,5-8H,4,9-13,18H2,(H,19,20). The van der Waals surface area contributed by atoms with E-state index in [4.69, 9.17) is 5.73 Å². The van der Waals surface area contributed by atoms with Crippen molar-refractivity contribution in [1.82, 2.24) is 5.32 Å². The van der Waals surface area contributed by atoms with Gasteiger partial charge < -0.3 is 11.1 Å². The zero-order valence-electron chi connectivity index (χ0n) is 12.2. The van der Waals surface area contributed by atoms with E-state index < -0.39 is 0 Å². The van der Waals surface area contributed by atoms with E-state index in [0.29, 0.717) is 13.0 Å². The lowest BCUT2D eigenvalue weighted by molar-refractivity contribution is -0.121. The van der Waals surface area contributed by atoms with Crippen LogP contribution in [0.1, 0.15) is 18.4 Å². The predicted octanol–water partition coefficient (Wildman–Crippen LogP) is 2.93. The van der Waals surface area contributed by atoms with Crippen LogP contribution in [0.25, 0.3) is 10.8 Å². The Morgan fingerprint density at radius 1 is 1.14 bits per heavy atom. The summed E-state index contributed by atoms with van der Waals surface area (Å²) in [5.41, 5.74) is 6.73. The van der Waals surface area contributed by atoms with E-state index in [0.717, 1.165) is 24.5 Å². The number of thioether (sulfide) groups is 1. The Morgan fingerprint density at radius 3 is 2.81 bits per heavy atom. The van der Waals surface area contributed by atoms with Crippen molar-refractivity contribution in [2.24, 2.45) is 5.73 Å². The summed E-state index contributed by atoms with van der Waals surface area (Å²) in [4.78, 5) is 11.4. The number of hydrogen-bond donors (Lipinski definition) is 2. The summed E-state index contributed by atoms with van der Waals surface area (Å²) < 4.78 is 0. The van der Waals surface area contributed by atoms with Gasteiger partial charge in [-0.25, -0.2) is 0 Å². The van der Waals surface area contributed by atoms with Gasteiger partial charge in [-0.05, 0) is 29.3 Å². The summed E-state index contributed by atoms with van der Waals surface area (Å²) >= 11 is 1.85. The number of benzene rings is 2. The molecule has 0 fully saturated rings. The molecule has 1 amide bonds. The maximum absolute atomic E-state index is 11.4. The SMILES string of the molecule is NCCCC(=O)NCCSCc1cccc2ccccc12. The third-order valence-electron chi connectivity index (χ3n) is 3.31. The molecule has 0 saturated carbocycles. The maximum Gasteiger partial charge on any atom is 0.220 e. The van der Waals surface area contributed by atoms with E-state index in [2.05, 4.69) is 47.8 Å². The number of rotatable bonds is 8. The zero-order chi connectivity index (χ0) is 14.9. The van der Waals surface area contributed by atoms with Crippen LogP contribution in [0.15, 0.2) is 42.5 Å². The number of hydrogen-bond acceptors (Lipinski definition) is 3. The molecule has 0 radical (unpaired) electrons. The Balaban J connectivity index is 1.74. The topological polar surface area (TPSA) is 55.1 Å². The molecule has 3 nitrogen and oxygen atoms in total. The van der Waals surface area contributed by atoms with Crippen molar-refractivity contribution in [2.75, 3.05) is 18.8 Å². The van der Waals surface area contributed by atoms with E-state index >= 15 is 0 Å². The largest absolute Gasteiger partial charge is 0.355 e. The van der Waals surface area contributed by atoms with Crippen LogP contribution in [-0.4, -0.2) is 24.7 Å². The van der Waals surface area contributed by atoms with Crippen molar-refractivity contribution >= 4 is 28.4 Å². The van der Waals surface area contributed by atoms with Gasteiger partial charge in [0.25, 0.3) is 0 Å². The van der Waals surface area contributed by atoms with E-state index in [1.807, 2.05) is 11.8 Å². The van der Waals surface area contributed by atoms with Gasteiger partial charge in [0.2, 0.25) is 5.91 Å². The molecule has 2 aromatic carbocycles. The number of carbonyl (C=O) groups is 1. The number of fused-ring (bicyclic) bond motifs is 1.